The van der Waals surface area contributed by atoms with Crippen molar-refractivity contribution in [3.63, 3.8) is 0 Å². The standard InChI is InChI=1S/C21H15F3N6O2/c22-14-4-2-11(7-16(14)24)19-18(20(26)31)17-10-29(5-6-30(17)28-19)21(32)27-13-3-1-12(9-25)15(23)8-13/h1-4,7-8H,5-6,10H2,(H2,26,31)(H,27,32). The number of nitrogens with one attached hydrogen (secondary N) is 1. The van der Waals surface area contributed by atoms with Crippen LogP contribution in [0.2, 0.25) is 0 Å². The summed E-state index contributed by atoms with van der Waals surface area (Å²) in [6.07, 6.45) is 0. The molecule has 0 saturated heterocycles. The van der Waals surface area contributed by atoms with Crippen molar-refractivity contribution in [2.75, 3.05) is 11.9 Å². The van der Waals surface area contributed by atoms with E-state index in [1.165, 1.54) is 27.8 Å². The van der Waals surface area contributed by atoms with Crippen LogP contribution in [0, 0.1) is 28.8 Å². The monoisotopic (exact) mass is 440 g/mol. The molecule has 2 aromatic carbocycles. The zero-order valence-electron chi connectivity index (χ0n) is 16.4. The molecule has 162 valence electrons. The van der Waals surface area contributed by atoms with Gasteiger partial charge in [-0.05, 0) is 36.4 Å². The lowest BCUT2D eigenvalue weighted by atomic mass is 10.0. The van der Waals surface area contributed by atoms with Crippen LogP contribution in [0.25, 0.3) is 11.3 Å². The minimum absolute atomic E-state index is 0.00192. The first-order valence-corrected chi connectivity index (χ1v) is 9.39. The van der Waals surface area contributed by atoms with E-state index >= 15 is 0 Å². The highest BCUT2D eigenvalue weighted by atomic mass is 19.2. The molecule has 0 saturated carbocycles. The molecule has 3 amide bonds. The number of aromatic nitrogens is 2. The predicted molar refractivity (Wildman–Crippen MR) is 107 cm³/mol. The maximum Gasteiger partial charge on any atom is 0.322 e. The molecule has 2 heterocycles. The van der Waals surface area contributed by atoms with Crippen molar-refractivity contribution < 1.29 is 22.8 Å². The van der Waals surface area contributed by atoms with E-state index in [9.17, 15) is 22.8 Å². The van der Waals surface area contributed by atoms with Crippen molar-refractivity contribution in [2.24, 2.45) is 5.73 Å². The van der Waals surface area contributed by atoms with E-state index in [0.717, 1.165) is 18.2 Å². The van der Waals surface area contributed by atoms with Gasteiger partial charge in [-0.2, -0.15) is 10.4 Å². The van der Waals surface area contributed by atoms with E-state index in [4.69, 9.17) is 11.0 Å². The van der Waals surface area contributed by atoms with Crippen LogP contribution in [0.5, 0.6) is 0 Å². The van der Waals surface area contributed by atoms with E-state index in [-0.39, 0.29) is 47.7 Å². The first kappa shape index (κ1) is 20.9. The second-order valence-corrected chi connectivity index (χ2v) is 7.04. The molecule has 0 fully saturated rings. The van der Waals surface area contributed by atoms with Crippen LogP contribution in [-0.4, -0.2) is 33.2 Å². The van der Waals surface area contributed by atoms with E-state index in [2.05, 4.69) is 10.4 Å². The van der Waals surface area contributed by atoms with Crippen LogP contribution < -0.4 is 11.1 Å². The van der Waals surface area contributed by atoms with Crippen LogP contribution >= 0.6 is 0 Å². The van der Waals surface area contributed by atoms with Crippen molar-refractivity contribution in [1.29, 1.82) is 5.26 Å². The molecular weight excluding hydrogens is 425 g/mol. The predicted octanol–water partition coefficient (Wildman–Crippen LogP) is 2.99. The van der Waals surface area contributed by atoms with Gasteiger partial charge in [0.15, 0.2) is 11.6 Å². The first-order chi connectivity index (χ1) is 15.3. The summed E-state index contributed by atoms with van der Waals surface area (Å²) in [6.45, 7) is 0.392. The lowest BCUT2D eigenvalue weighted by molar-refractivity contribution is 0.0997. The van der Waals surface area contributed by atoms with Crippen LogP contribution in [0.15, 0.2) is 36.4 Å². The molecule has 4 rings (SSSR count). The Kier molecular flexibility index (Phi) is 5.28. The van der Waals surface area contributed by atoms with E-state index in [1.807, 2.05) is 0 Å². The highest BCUT2D eigenvalue weighted by molar-refractivity contribution is 6.00. The number of fused-ring (bicyclic) bond motifs is 1. The Morgan fingerprint density at radius 2 is 1.84 bits per heavy atom. The molecule has 11 heteroatoms. The Morgan fingerprint density at radius 3 is 2.50 bits per heavy atom. The Labute approximate surface area is 179 Å². The number of amides is 3. The van der Waals surface area contributed by atoms with Crippen LogP contribution in [-0.2, 0) is 13.1 Å². The van der Waals surface area contributed by atoms with Crippen molar-refractivity contribution in [2.45, 2.75) is 13.1 Å². The minimum Gasteiger partial charge on any atom is -0.365 e. The molecule has 1 aliphatic heterocycles. The summed E-state index contributed by atoms with van der Waals surface area (Å²) < 4.78 is 42.3. The Bertz CT molecular complexity index is 1300. The number of halogens is 3. The summed E-state index contributed by atoms with van der Waals surface area (Å²) in [5.41, 5.74) is 6.13. The maximum absolute atomic E-state index is 13.8. The molecule has 1 aliphatic rings. The fourth-order valence-corrected chi connectivity index (χ4v) is 3.48. The number of hydrogen-bond acceptors (Lipinski definition) is 4. The van der Waals surface area contributed by atoms with Crippen molar-refractivity contribution in [3.8, 4) is 17.3 Å². The van der Waals surface area contributed by atoms with E-state index in [0.29, 0.717) is 5.69 Å². The topological polar surface area (TPSA) is 117 Å². The number of hydrogen-bond donors (Lipinski definition) is 2. The normalized spacial score (nSPS) is 12.8. The number of carbonyl (C=O) groups excluding carboxylic acids is 2. The molecule has 0 bridgehead atoms. The van der Waals surface area contributed by atoms with Crippen molar-refractivity contribution >= 4 is 17.6 Å². The second-order valence-electron chi connectivity index (χ2n) is 7.04. The summed E-state index contributed by atoms with van der Waals surface area (Å²) in [7, 11) is 0. The van der Waals surface area contributed by atoms with Gasteiger partial charge in [0.25, 0.3) is 5.91 Å². The van der Waals surface area contributed by atoms with Gasteiger partial charge in [-0.25, -0.2) is 18.0 Å². The Hall–Kier alpha value is -4.33. The molecule has 32 heavy (non-hydrogen) atoms. The molecule has 0 spiro atoms. The smallest absolute Gasteiger partial charge is 0.322 e. The maximum atomic E-state index is 13.8. The van der Waals surface area contributed by atoms with Gasteiger partial charge in [0.1, 0.15) is 17.6 Å². The number of nitrogens with zero attached hydrogens (tertiary/aromatic N) is 4. The molecule has 0 unspecified atom stereocenters. The van der Waals surface area contributed by atoms with Gasteiger partial charge in [0.2, 0.25) is 0 Å². The van der Waals surface area contributed by atoms with Crippen molar-refractivity contribution in [3.05, 3.63) is 70.7 Å². The number of urea groups is 1. The number of nitriles is 1. The fourth-order valence-electron chi connectivity index (χ4n) is 3.48. The average Bonchev–Trinajstić information content (AvgIpc) is 3.14. The van der Waals surface area contributed by atoms with Crippen LogP contribution in [0.1, 0.15) is 21.6 Å². The van der Waals surface area contributed by atoms with Gasteiger partial charge in [-0.15, -0.1) is 0 Å². The number of anilines is 1. The zero-order valence-corrected chi connectivity index (χ0v) is 16.4. The lowest BCUT2D eigenvalue weighted by Gasteiger charge is -2.28. The van der Waals surface area contributed by atoms with Gasteiger partial charge in [-0.1, -0.05) is 0 Å². The SMILES string of the molecule is N#Cc1ccc(NC(=O)N2CCn3nc(-c4ccc(F)c(F)c4)c(C(N)=O)c3C2)cc1F. The minimum atomic E-state index is -1.10. The number of primary amides is 1. The van der Waals surface area contributed by atoms with Crippen LogP contribution in [0.3, 0.4) is 0 Å². The lowest BCUT2D eigenvalue weighted by Crippen LogP contribution is -2.41. The quantitative estimate of drug-likeness (QED) is 0.651. The molecule has 0 radical (unpaired) electrons. The van der Waals surface area contributed by atoms with Gasteiger partial charge < -0.3 is 16.0 Å². The number of carbonyl (C=O) groups is 2. The number of nitrogens with two attached hydrogens (primary N) is 1. The third-order valence-corrected chi connectivity index (χ3v) is 5.05. The molecule has 8 nitrogen and oxygen atoms in total. The second kappa shape index (κ2) is 8.07. The zero-order chi connectivity index (χ0) is 23.0. The van der Waals surface area contributed by atoms with Gasteiger partial charge in [0, 0.05) is 17.8 Å². The number of rotatable bonds is 3. The van der Waals surface area contributed by atoms with Crippen molar-refractivity contribution in [1.82, 2.24) is 14.7 Å². The molecule has 3 aromatic rings. The highest BCUT2D eigenvalue weighted by Crippen LogP contribution is 2.29. The molecule has 0 atom stereocenters. The van der Waals surface area contributed by atoms with Gasteiger partial charge >= 0.3 is 6.03 Å². The Balaban J connectivity index is 1.61. The first-order valence-electron chi connectivity index (χ1n) is 9.39. The summed E-state index contributed by atoms with van der Waals surface area (Å²) >= 11 is 0. The van der Waals surface area contributed by atoms with E-state index in [1.54, 1.807) is 6.07 Å². The number of benzene rings is 2. The summed E-state index contributed by atoms with van der Waals surface area (Å²) in [5, 5.41) is 15.6. The molecule has 1 aromatic heterocycles. The summed E-state index contributed by atoms with van der Waals surface area (Å²) in [5.74, 6) is -3.74. The van der Waals surface area contributed by atoms with Crippen LogP contribution in [0.4, 0.5) is 23.7 Å². The van der Waals surface area contributed by atoms with Gasteiger partial charge in [0.05, 0.1) is 29.9 Å². The van der Waals surface area contributed by atoms with Gasteiger partial charge in [-0.3, -0.25) is 9.48 Å². The largest absolute Gasteiger partial charge is 0.365 e. The summed E-state index contributed by atoms with van der Waals surface area (Å²) in [4.78, 5) is 26.2. The Morgan fingerprint density at radius 1 is 1.06 bits per heavy atom. The molecule has 3 N–H and O–H groups in total. The molecular formula is C21H15F3N6O2. The van der Waals surface area contributed by atoms with E-state index < -0.39 is 29.4 Å². The average molecular weight is 440 g/mol. The molecule has 0 aliphatic carbocycles. The summed E-state index contributed by atoms with van der Waals surface area (Å²) in [6, 6.07) is 7.91. The third kappa shape index (κ3) is 3.74. The fraction of sp³-hybridized carbons (Fsp3) is 0.143. The third-order valence-electron chi connectivity index (χ3n) is 5.05. The highest BCUT2D eigenvalue weighted by Gasteiger charge is 2.30.